The van der Waals surface area contributed by atoms with Gasteiger partial charge in [0, 0.05) is 58.6 Å². The SMILES string of the molecule is Cc1ccc(C(=O)N2CCN(C(=O)c3cc(Cl)cc(Cl)c3)CC2)cc1NC(=O)c1ccccc1. The summed E-state index contributed by atoms with van der Waals surface area (Å²) in [7, 11) is 0. The van der Waals surface area contributed by atoms with Gasteiger partial charge in [-0.15, -0.1) is 0 Å². The van der Waals surface area contributed by atoms with Crippen molar-refractivity contribution in [1.82, 2.24) is 9.80 Å². The van der Waals surface area contributed by atoms with Crippen LogP contribution in [0.25, 0.3) is 0 Å². The van der Waals surface area contributed by atoms with Crippen LogP contribution in [0.5, 0.6) is 0 Å². The highest BCUT2D eigenvalue weighted by atomic mass is 35.5. The third-order valence-electron chi connectivity index (χ3n) is 5.73. The number of hydrogen-bond donors (Lipinski definition) is 1. The lowest BCUT2D eigenvalue weighted by atomic mass is 10.1. The Kier molecular flexibility index (Phi) is 7.20. The minimum absolute atomic E-state index is 0.145. The summed E-state index contributed by atoms with van der Waals surface area (Å²) in [6, 6.07) is 18.9. The molecule has 0 spiro atoms. The van der Waals surface area contributed by atoms with E-state index in [1.807, 2.05) is 19.1 Å². The van der Waals surface area contributed by atoms with Crippen LogP contribution in [0.4, 0.5) is 5.69 Å². The Morgan fingerprint density at radius 3 is 1.85 bits per heavy atom. The second kappa shape index (κ2) is 10.3. The first-order valence-corrected chi connectivity index (χ1v) is 11.6. The second-order valence-corrected chi connectivity index (χ2v) is 8.97. The zero-order valence-corrected chi connectivity index (χ0v) is 20.1. The topological polar surface area (TPSA) is 69.7 Å². The summed E-state index contributed by atoms with van der Waals surface area (Å²) >= 11 is 12.0. The van der Waals surface area contributed by atoms with E-state index in [9.17, 15) is 14.4 Å². The van der Waals surface area contributed by atoms with Gasteiger partial charge in [0.05, 0.1) is 0 Å². The van der Waals surface area contributed by atoms with E-state index in [2.05, 4.69) is 5.32 Å². The van der Waals surface area contributed by atoms with Crippen molar-refractivity contribution in [2.45, 2.75) is 6.92 Å². The predicted molar refractivity (Wildman–Crippen MR) is 134 cm³/mol. The van der Waals surface area contributed by atoms with Crippen molar-refractivity contribution in [3.8, 4) is 0 Å². The molecule has 174 valence electrons. The second-order valence-electron chi connectivity index (χ2n) is 8.09. The molecule has 1 saturated heterocycles. The highest BCUT2D eigenvalue weighted by Crippen LogP contribution is 2.22. The van der Waals surface area contributed by atoms with E-state index in [0.29, 0.717) is 58.6 Å². The summed E-state index contributed by atoms with van der Waals surface area (Å²) in [4.78, 5) is 41.9. The highest BCUT2D eigenvalue weighted by Gasteiger charge is 2.26. The Balaban J connectivity index is 1.41. The quantitative estimate of drug-likeness (QED) is 0.543. The molecule has 1 heterocycles. The Morgan fingerprint density at radius 1 is 0.706 bits per heavy atom. The van der Waals surface area contributed by atoms with Gasteiger partial charge in [0.15, 0.2) is 0 Å². The molecule has 0 saturated carbocycles. The lowest BCUT2D eigenvalue weighted by molar-refractivity contribution is 0.0535. The third-order valence-corrected chi connectivity index (χ3v) is 6.17. The summed E-state index contributed by atoms with van der Waals surface area (Å²) < 4.78 is 0. The van der Waals surface area contributed by atoms with Gasteiger partial charge in [0.1, 0.15) is 0 Å². The fourth-order valence-electron chi connectivity index (χ4n) is 3.83. The van der Waals surface area contributed by atoms with Crippen LogP contribution in [0.3, 0.4) is 0 Å². The average Bonchev–Trinajstić information content (AvgIpc) is 2.84. The van der Waals surface area contributed by atoms with E-state index in [4.69, 9.17) is 23.2 Å². The number of benzene rings is 3. The van der Waals surface area contributed by atoms with Crippen molar-refractivity contribution < 1.29 is 14.4 Å². The van der Waals surface area contributed by atoms with Gasteiger partial charge in [-0.3, -0.25) is 14.4 Å². The molecule has 1 fully saturated rings. The van der Waals surface area contributed by atoms with Crippen molar-refractivity contribution >= 4 is 46.6 Å². The molecule has 4 rings (SSSR count). The van der Waals surface area contributed by atoms with Crippen LogP contribution in [-0.2, 0) is 0 Å². The number of halogens is 2. The van der Waals surface area contributed by atoms with Crippen LogP contribution < -0.4 is 5.32 Å². The van der Waals surface area contributed by atoms with Crippen LogP contribution in [0.1, 0.15) is 36.6 Å². The molecule has 3 aromatic carbocycles. The number of carbonyl (C=O) groups excluding carboxylic acids is 3. The lowest BCUT2D eigenvalue weighted by Crippen LogP contribution is -2.50. The van der Waals surface area contributed by atoms with Crippen molar-refractivity contribution in [2.24, 2.45) is 0 Å². The number of nitrogens with zero attached hydrogens (tertiary/aromatic N) is 2. The van der Waals surface area contributed by atoms with Crippen LogP contribution in [0.2, 0.25) is 10.0 Å². The van der Waals surface area contributed by atoms with E-state index >= 15 is 0 Å². The van der Waals surface area contributed by atoms with Crippen LogP contribution in [0, 0.1) is 6.92 Å². The van der Waals surface area contributed by atoms with Crippen LogP contribution in [-0.4, -0.2) is 53.7 Å². The minimum atomic E-state index is -0.235. The first-order chi connectivity index (χ1) is 16.3. The summed E-state index contributed by atoms with van der Waals surface area (Å²) in [5, 5.41) is 3.69. The molecule has 0 bridgehead atoms. The normalized spacial score (nSPS) is 13.5. The van der Waals surface area contributed by atoms with Crippen molar-refractivity contribution in [1.29, 1.82) is 0 Å². The number of rotatable bonds is 4. The maximum Gasteiger partial charge on any atom is 0.255 e. The fourth-order valence-corrected chi connectivity index (χ4v) is 4.35. The van der Waals surface area contributed by atoms with E-state index in [-0.39, 0.29) is 17.7 Å². The maximum atomic E-state index is 13.1. The Morgan fingerprint density at radius 2 is 1.26 bits per heavy atom. The standard InChI is InChI=1S/C26H23Cl2N3O3/c1-17-7-8-19(15-23(17)29-24(32)18-5-3-2-4-6-18)25(33)30-9-11-31(12-10-30)26(34)20-13-21(27)16-22(28)14-20/h2-8,13-16H,9-12H2,1H3,(H,29,32). The number of aryl methyl sites for hydroxylation is 1. The van der Waals surface area contributed by atoms with Crippen LogP contribution >= 0.6 is 23.2 Å². The van der Waals surface area contributed by atoms with Gasteiger partial charge in [-0.2, -0.15) is 0 Å². The molecule has 0 atom stereocenters. The Bertz CT molecular complexity index is 1220. The van der Waals surface area contributed by atoms with Crippen molar-refractivity contribution in [2.75, 3.05) is 31.5 Å². The molecule has 6 nitrogen and oxygen atoms in total. The molecule has 0 unspecified atom stereocenters. The first kappa shape index (κ1) is 23.8. The summed E-state index contributed by atoms with van der Waals surface area (Å²) in [5.41, 5.74) is 2.90. The summed E-state index contributed by atoms with van der Waals surface area (Å²) in [5.74, 6) is -0.549. The van der Waals surface area contributed by atoms with Crippen molar-refractivity contribution in [3.05, 3.63) is 99.0 Å². The van der Waals surface area contributed by atoms with E-state index in [1.54, 1.807) is 64.4 Å². The minimum Gasteiger partial charge on any atom is -0.335 e. The summed E-state index contributed by atoms with van der Waals surface area (Å²) in [6.07, 6.45) is 0. The number of nitrogens with one attached hydrogen (secondary N) is 1. The smallest absolute Gasteiger partial charge is 0.255 e. The molecule has 0 aliphatic carbocycles. The predicted octanol–water partition coefficient (Wildman–Crippen LogP) is 5.15. The number of carbonyl (C=O) groups is 3. The monoisotopic (exact) mass is 495 g/mol. The third kappa shape index (κ3) is 5.41. The van der Waals surface area contributed by atoms with Gasteiger partial charge in [-0.1, -0.05) is 47.5 Å². The molecule has 1 aliphatic rings. The molecule has 3 amide bonds. The first-order valence-electron chi connectivity index (χ1n) is 10.8. The number of amides is 3. The van der Waals surface area contributed by atoms with E-state index < -0.39 is 0 Å². The summed E-state index contributed by atoms with van der Waals surface area (Å²) in [6.45, 7) is 3.48. The molecular formula is C26H23Cl2N3O3. The molecule has 3 aromatic rings. The number of piperazine rings is 1. The Hall–Kier alpha value is -3.35. The van der Waals surface area contributed by atoms with Gasteiger partial charge < -0.3 is 15.1 Å². The average molecular weight is 496 g/mol. The molecule has 1 N–H and O–H groups in total. The molecule has 0 aromatic heterocycles. The van der Waals surface area contributed by atoms with Gasteiger partial charge in [-0.25, -0.2) is 0 Å². The molecule has 8 heteroatoms. The number of hydrogen-bond acceptors (Lipinski definition) is 3. The van der Waals surface area contributed by atoms with Gasteiger partial charge in [0.2, 0.25) is 0 Å². The van der Waals surface area contributed by atoms with Gasteiger partial charge in [-0.05, 0) is 55.0 Å². The molecular weight excluding hydrogens is 473 g/mol. The largest absolute Gasteiger partial charge is 0.335 e. The van der Waals surface area contributed by atoms with E-state index in [0.717, 1.165) is 5.56 Å². The zero-order valence-electron chi connectivity index (χ0n) is 18.6. The molecule has 1 aliphatic heterocycles. The lowest BCUT2D eigenvalue weighted by Gasteiger charge is -2.35. The van der Waals surface area contributed by atoms with Gasteiger partial charge in [0.25, 0.3) is 17.7 Å². The van der Waals surface area contributed by atoms with Crippen molar-refractivity contribution in [3.63, 3.8) is 0 Å². The van der Waals surface area contributed by atoms with Crippen LogP contribution in [0.15, 0.2) is 66.7 Å². The van der Waals surface area contributed by atoms with E-state index in [1.165, 1.54) is 0 Å². The highest BCUT2D eigenvalue weighted by molar-refractivity contribution is 6.35. The number of anilines is 1. The Labute approximate surface area is 208 Å². The fraction of sp³-hybridized carbons (Fsp3) is 0.192. The van der Waals surface area contributed by atoms with Gasteiger partial charge >= 0.3 is 0 Å². The molecule has 0 radical (unpaired) electrons. The molecule has 34 heavy (non-hydrogen) atoms. The maximum absolute atomic E-state index is 13.1. The zero-order chi connectivity index (χ0) is 24.2.